The smallest absolute Gasteiger partial charge is 0.323 e. The second kappa shape index (κ2) is 2.97. The maximum Gasteiger partial charge on any atom is 0.324 e. The van der Waals surface area contributed by atoms with Crippen LogP contribution in [-0.4, -0.2) is 29.4 Å². The third-order valence-corrected chi connectivity index (χ3v) is 3.36. The summed E-state index contributed by atoms with van der Waals surface area (Å²) < 4.78 is 0. The summed E-state index contributed by atoms with van der Waals surface area (Å²) in [5.74, 6) is 0.480. The molecule has 3 amide bonds. The Morgan fingerprint density at radius 2 is 2.21 bits per heavy atom. The number of imide groups is 1. The molecule has 1 aliphatic heterocycles. The zero-order valence-electron chi connectivity index (χ0n) is 8.67. The van der Waals surface area contributed by atoms with E-state index in [1.807, 2.05) is 0 Å². The first-order chi connectivity index (χ1) is 6.55. The lowest BCUT2D eigenvalue weighted by Gasteiger charge is -2.34. The summed E-state index contributed by atoms with van der Waals surface area (Å²) in [4.78, 5) is 24.4. The van der Waals surface area contributed by atoms with E-state index < -0.39 is 5.54 Å². The molecule has 1 saturated heterocycles. The molecule has 1 spiro atoms. The molecule has 14 heavy (non-hydrogen) atoms. The Labute approximate surface area is 83.6 Å². The molecule has 78 valence electrons. The van der Waals surface area contributed by atoms with Crippen molar-refractivity contribution >= 4 is 11.9 Å². The summed E-state index contributed by atoms with van der Waals surface area (Å²) >= 11 is 0. The Morgan fingerprint density at radius 3 is 2.71 bits per heavy atom. The standard InChI is InChI=1S/C10H16N2O2/c1-7-4-3-5-10(6-7)8(13)12(2)9(14)11-10/h7H,3-6H2,1-2H3,(H,11,14). The SMILES string of the molecule is CC1CCCC2(C1)NC(=O)N(C)C2=O. The number of carbonyl (C=O) groups excluding carboxylic acids is 2. The third-order valence-electron chi connectivity index (χ3n) is 3.36. The fourth-order valence-electron chi connectivity index (χ4n) is 2.61. The van der Waals surface area contributed by atoms with E-state index in [-0.39, 0.29) is 11.9 Å². The zero-order chi connectivity index (χ0) is 10.3. The first-order valence-corrected chi connectivity index (χ1v) is 5.15. The van der Waals surface area contributed by atoms with Crippen LogP contribution < -0.4 is 5.32 Å². The highest BCUT2D eigenvalue weighted by Gasteiger charge is 2.50. The first-order valence-electron chi connectivity index (χ1n) is 5.15. The van der Waals surface area contributed by atoms with Gasteiger partial charge in [0.05, 0.1) is 0 Å². The van der Waals surface area contributed by atoms with Crippen LogP contribution in [0.3, 0.4) is 0 Å². The Bertz CT molecular complexity index is 290. The van der Waals surface area contributed by atoms with Gasteiger partial charge in [0.2, 0.25) is 0 Å². The number of hydrogen-bond donors (Lipinski definition) is 1. The van der Waals surface area contributed by atoms with Crippen LogP contribution in [0.2, 0.25) is 0 Å². The maximum atomic E-state index is 11.9. The Morgan fingerprint density at radius 1 is 1.50 bits per heavy atom. The van der Waals surface area contributed by atoms with Crippen molar-refractivity contribution < 1.29 is 9.59 Å². The fourth-order valence-corrected chi connectivity index (χ4v) is 2.61. The molecule has 1 N–H and O–H groups in total. The molecule has 2 fully saturated rings. The molecule has 1 aliphatic carbocycles. The molecular formula is C10H16N2O2. The first kappa shape index (κ1) is 9.49. The fraction of sp³-hybridized carbons (Fsp3) is 0.800. The van der Waals surface area contributed by atoms with Crippen molar-refractivity contribution in [3.8, 4) is 0 Å². The van der Waals surface area contributed by atoms with E-state index in [0.717, 1.165) is 25.7 Å². The molecule has 0 aromatic rings. The molecule has 0 aromatic heterocycles. The number of nitrogens with zero attached hydrogens (tertiary/aromatic N) is 1. The van der Waals surface area contributed by atoms with Gasteiger partial charge in [-0.3, -0.25) is 9.69 Å². The number of urea groups is 1. The molecule has 0 aromatic carbocycles. The van der Waals surface area contributed by atoms with Crippen LogP contribution >= 0.6 is 0 Å². The molecular weight excluding hydrogens is 180 g/mol. The highest BCUT2D eigenvalue weighted by atomic mass is 16.2. The van der Waals surface area contributed by atoms with Gasteiger partial charge < -0.3 is 5.32 Å². The summed E-state index contributed by atoms with van der Waals surface area (Å²) in [6, 6.07) is -0.246. The second-order valence-electron chi connectivity index (χ2n) is 4.58. The molecule has 0 bridgehead atoms. The lowest BCUT2D eigenvalue weighted by molar-refractivity contribution is -0.132. The van der Waals surface area contributed by atoms with Crippen molar-refractivity contribution in [2.24, 2.45) is 5.92 Å². The van der Waals surface area contributed by atoms with Crippen molar-refractivity contribution in [3.63, 3.8) is 0 Å². The normalized spacial score (nSPS) is 37.9. The molecule has 2 atom stereocenters. The summed E-state index contributed by atoms with van der Waals surface area (Å²) in [6.45, 7) is 2.14. The predicted octanol–water partition coefficient (Wildman–Crippen LogP) is 1.12. The largest absolute Gasteiger partial charge is 0.324 e. The molecule has 1 saturated carbocycles. The summed E-state index contributed by atoms with van der Waals surface area (Å²) in [5, 5.41) is 2.84. The second-order valence-corrected chi connectivity index (χ2v) is 4.58. The minimum atomic E-state index is -0.566. The maximum absolute atomic E-state index is 11.9. The number of nitrogens with one attached hydrogen (secondary N) is 1. The van der Waals surface area contributed by atoms with Crippen molar-refractivity contribution in [1.82, 2.24) is 10.2 Å². The zero-order valence-corrected chi connectivity index (χ0v) is 8.67. The third kappa shape index (κ3) is 1.21. The van der Waals surface area contributed by atoms with E-state index in [0.29, 0.717) is 5.92 Å². The predicted molar refractivity (Wildman–Crippen MR) is 51.7 cm³/mol. The van der Waals surface area contributed by atoms with Crippen molar-refractivity contribution in [3.05, 3.63) is 0 Å². The van der Waals surface area contributed by atoms with E-state index in [1.54, 1.807) is 7.05 Å². The molecule has 2 rings (SSSR count). The van der Waals surface area contributed by atoms with Gasteiger partial charge in [0, 0.05) is 7.05 Å². The van der Waals surface area contributed by atoms with Gasteiger partial charge in [-0.2, -0.15) is 0 Å². The van der Waals surface area contributed by atoms with Gasteiger partial charge in [-0.25, -0.2) is 4.79 Å². The van der Waals surface area contributed by atoms with Crippen LogP contribution in [0.15, 0.2) is 0 Å². The van der Waals surface area contributed by atoms with E-state index in [9.17, 15) is 9.59 Å². The van der Waals surface area contributed by atoms with Gasteiger partial charge in [-0.15, -0.1) is 0 Å². The molecule has 4 heteroatoms. The lowest BCUT2D eigenvalue weighted by Crippen LogP contribution is -2.49. The van der Waals surface area contributed by atoms with Gasteiger partial charge in [0.15, 0.2) is 0 Å². The molecule has 0 radical (unpaired) electrons. The van der Waals surface area contributed by atoms with Crippen LogP contribution in [-0.2, 0) is 4.79 Å². The van der Waals surface area contributed by atoms with E-state index in [4.69, 9.17) is 0 Å². The summed E-state index contributed by atoms with van der Waals surface area (Å²) in [6.07, 6.45) is 3.78. The van der Waals surface area contributed by atoms with Crippen LogP contribution in [0.5, 0.6) is 0 Å². The number of hydrogen-bond acceptors (Lipinski definition) is 2. The number of amides is 3. The molecule has 4 nitrogen and oxygen atoms in total. The quantitative estimate of drug-likeness (QED) is 0.590. The minimum Gasteiger partial charge on any atom is -0.323 e. The molecule has 2 unspecified atom stereocenters. The van der Waals surface area contributed by atoms with E-state index >= 15 is 0 Å². The van der Waals surface area contributed by atoms with Crippen molar-refractivity contribution in [1.29, 1.82) is 0 Å². The van der Waals surface area contributed by atoms with Gasteiger partial charge in [-0.05, 0) is 18.8 Å². The average Bonchev–Trinajstić information content (AvgIpc) is 2.31. The van der Waals surface area contributed by atoms with Gasteiger partial charge in [0.25, 0.3) is 5.91 Å². The Hall–Kier alpha value is -1.06. The lowest BCUT2D eigenvalue weighted by atomic mass is 9.76. The highest BCUT2D eigenvalue weighted by molar-refractivity contribution is 6.06. The number of rotatable bonds is 0. The minimum absolute atomic E-state index is 0.0472. The van der Waals surface area contributed by atoms with Crippen LogP contribution in [0.25, 0.3) is 0 Å². The van der Waals surface area contributed by atoms with Crippen LogP contribution in [0, 0.1) is 5.92 Å². The van der Waals surface area contributed by atoms with Crippen molar-refractivity contribution in [2.75, 3.05) is 7.05 Å². The average molecular weight is 196 g/mol. The Balaban J connectivity index is 2.24. The highest BCUT2D eigenvalue weighted by Crippen LogP contribution is 2.36. The number of carbonyl (C=O) groups is 2. The van der Waals surface area contributed by atoms with Crippen LogP contribution in [0.4, 0.5) is 4.79 Å². The topological polar surface area (TPSA) is 49.4 Å². The monoisotopic (exact) mass is 196 g/mol. The van der Waals surface area contributed by atoms with E-state index in [1.165, 1.54) is 4.90 Å². The summed E-state index contributed by atoms with van der Waals surface area (Å²) in [7, 11) is 1.55. The van der Waals surface area contributed by atoms with Crippen LogP contribution in [0.1, 0.15) is 32.6 Å². The molecule has 1 heterocycles. The van der Waals surface area contributed by atoms with E-state index in [2.05, 4.69) is 12.2 Å². The summed E-state index contributed by atoms with van der Waals surface area (Å²) in [5.41, 5.74) is -0.566. The van der Waals surface area contributed by atoms with Gasteiger partial charge in [-0.1, -0.05) is 19.8 Å². The number of likely N-dealkylation sites (N-methyl/N-ethyl adjacent to an activating group) is 1. The van der Waals surface area contributed by atoms with Gasteiger partial charge in [0.1, 0.15) is 5.54 Å². The Kier molecular flexibility index (Phi) is 2.01. The van der Waals surface area contributed by atoms with Crippen molar-refractivity contribution in [2.45, 2.75) is 38.1 Å². The van der Waals surface area contributed by atoms with Gasteiger partial charge >= 0.3 is 6.03 Å². The molecule has 2 aliphatic rings.